The van der Waals surface area contributed by atoms with Crippen LogP contribution in [-0.4, -0.2) is 29.9 Å². The zero-order valence-corrected chi connectivity index (χ0v) is 14.1. The van der Waals surface area contributed by atoms with E-state index in [-0.39, 0.29) is 11.8 Å². The van der Waals surface area contributed by atoms with Crippen molar-refractivity contribution in [2.24, 2.45) is 5.92 Å². The molecule has 0 saturated heterocycles. The van der Waals surface area contributed by atoms with Gasteiger partial charge < -0.3 is 10.1 Å². The number of benzene rings is 1. The van der Waals surface area contributed by atoms with Crippen molar-refractivity contribution in [3.63, 3.8) is 0 Å². The van der Waals surface area contributed by atoms with Gasteiger partial charge in [0, 0.05) is 6.92 Å². The Labute approximate surface area is 139 Å². The van der Waals surface area contributed by atoms with E-state index in [1.54, 1.807) is 13.8 Å². The number of halogens is 1. The van der Waals surface area contributed by atoms with Gasteiger partial charge in [0.05, 0.1) is 0 Å². The maximum atomic E-state index is 12.8. The normalized spacial score (nSPS) is 12.9. The van der Waals surface area contributed by atoms with Crippen LogP contribution in [0.5, 0.6) is 5.75 Å². The minimum Gasteiger partial charge on any atom is -0.481 e. The second-order valence-corrected chi connectivity index (χ2v) is 5.61. The third-order valence-electron chi connectivity index (χ3n) is 3.11. The summed E-state index contributed by atoms with van der Waals surface area (Å²) in [6.45, 7) is 6.32. The quantitative estimate of drug-likeness (QED) is 0.671. The zero-order chi connectivity index (χ0) is 18.3. The Kier molecular flexibility index (Phi) is 7.16. The van der Waals surface area contributed by atoms with Crippen LogP contribution in [0, 0.1) is 11.7 Å². The molecule has 0 saturated carbocycles. The van der Waals surface area contributed by atoms with Crippen molar-refractivity contribution >= 4 is 17.7 Å². The molecule has 1 rings (SSSR count). The number of hydrogen-bond acceptors (Lipinski definition) is 4. The predicted octanol–water partition coefficient (Wildman–Crippen LogP) is 0.901. The summed E-state index contributed by atoms with van der Waals surface area (Å²) in [5.41, 5.74) is 4.49. The van der Waals surface area contributed by atoms with E-state index in [1.807, 2.05) is 0 Å². The highest BCUT2D eigenvalue weighted by molar-refractivity contribution is 5.89. The average Bonchev–Trinajstić information content (AvgIpc) is 2.51. The Morgan fingerprint density at radius 1 is 1.00 bits per heavy atom. The first-order chi connectivity index (χ1) is 11.2. The molecule has 0 aliphatic carbocycles. The number of ether oxygens (including phenoxy) is 1. The first-order valence-corrected chi connectivity index (χ1v) is 7.49. The van der Waals surface area contributed by atoms with E-state index < -0.39 is 29.8 Å². The molecule has 1 aromatic rings. The molecule has 0 bridgehead atoms. The fourth-order valence-corrected chi connectivity index (χ4v) is 1.83. The van der Waals surface area contributed by atoms with Gasteiger partial charge in [-0.25, -0.2) is 4.39 Å². The van der Waals surface area contributed by atoms with Crippen molar-refractivity contribution in [3.8, 4) is 5.75 Å². The Hall–Kier alpha value is -2.64. The van der Waals surface area contributed by atoms with E-state index in [1.165, 1.54) is 38.1 Å². The summed E-state index contributed by atoms with van der Waals surface area (Å²) in [6.07, 6.45) is -0.908. The average molecular weight is 339 g/mol. The molecule has 7 nitrogen and oxygen atoms in total. The Morgan fingerprint density at radius 2 is 1.54 bits per heavy atom. The SMILES string of the molecule is CC(=O)N[C@H](C(=O)NNC(=O)[C@@H](C)Oc1ccc(F)cc1)C(C)C. The summed E-state index contributed by atoms with van der Waals surface area (Å²) < 4.78 is 18.1. The lowest BCUT2D eigenvalue weighted by Gasteiger charge is -2.22. The fraction of sp³-hybridized carbons (Fsp3) is 0.438. The van der Waals surface area contributed by atoms with Gasteiger partial charge in [0.1, 0.15) is 17.6 Å². The van der Waals surface area contributed by atoms with Crippen LogP contribution in [0.1, 0.15) is 27.7 Å². The van der Waals surface area contributed by atoms with Crippen LogP contribution in [0.3, 0.4) is 0 Å². The van der Waals surface area contributed by atoms with Gasteiger partial charge in [0.25, 0.3) is 11.8 Å². The highest BCUT2D eigenvalue weighted by atomic mass is 19.1. The molecule has 2 atom stereocenters. The maximum absolute atomic E-state index is 12.8. The highest BCUT2D eigenvalue weighted by Gasteiger charge is 2.24. The number of amides is 3. The number of nitrogens with one attached hydrogen (secondary N) is 3. The van der Waals surface area contributed by atoms with E-state index in [0.29, 0.717) is 5.75 Å². The van der Waals surface area contributed by atoms with E-state index in [0.717, 1.165) is 0 Å². The van der Waals surface area contributed by atoms with Crippen LogP contribution in [0.15, 0.2) is 24.3 Å². The van der Waals surface area contributed by atoms with E-state index in [4.69, 9.17) is 4.74 Å². The van der Waals surface area contributed by atoms with Gasteiger partial charge >= 0.3 is 0 Å². The molecule has 132 valence electrons. The summed E-state index contributed by atoms with van der Waals surface area (Å²) in [4.78, 5) is 35.1. The maximum Gasteiger partial charge on any atom is 0.279 e. The molecule has 0 aromatic heterocycles. The molecule has 0 spiro atoms. The summed E-state index contributed by atoms with van der Waals surface area (Å²) >= 11 is 0. The molecule has 24 heavy (non-hydrogen) atoms. The summed E-state index contributed by atoms with van der Waals surface area (Å²) in [5, 5.41) is 2.51. The summed E-state index contributed by atoms with van der Waals surface area (Å²) in [5.74, 6) is -1.71. The zero-order valence-electron chi connectivity index (χ0n) is 14.1. The number of rotatable bonds is 6. The van der Waals surface area contributed by atoms with Crippen LogP contribution >= 0.6 is 0 Å². The number of carbonyl (C=O) groups excluding carboxylic acids is 3. The first-order valence-electron chi connectivity index (χ1n) is 7.49. The molecule has 0 radical (unpaired) electrons. The molecule has 0 unspecified atom stereocenters. The van der Waals surface area contributed by atoms with Crippen LogP contribution in [-0.2, 0) is 14.4 Å². The molecule has 0 heterocycles. The second-order valence-electron chi connectivity index (χ2n) is 5.61. The van der Waals surface area contributed by atoms with E-state index >= 15 is 0 Å². The largest absolute Gasteiger partial charge is 0.481 e. The second kappa shape index (κ2) is 8.85. The fourth-order valence-electron chi connectivity index (χ4n) is 1.83. The van der Waals surface area contributed by atoms with Gasteiger partial charge in [-0.2, -0.15) is 0 Å². The van der Waals surface area contributed by atoms with Gasteiger partial charge in [0.2, 0.25) is 5.91 Å². The predicted molar refractivity (Wildman–Crippen MR) is 85.2 cm³/mol. The van der Waals surface area contributed by atoms with Crippen molar-refractivity contribution in [3.05, 3.63) is 30.1 Å². The monoisotopic (exact) mass is 339 g/mol. The lowest BCUT2D eigenvalue weighted by molar-refractivity contribution is -0.135. The Balaban J connectivity index is 2.52. The summed E-state index contributed by atoms with van der Waals surface area (Å²) in [6, 6.07) is 4.44. The van der Waals surface area contributed by atoms with Crippen LogP contribution in [0.4, 0.5) is 4.39 Å². The molecule has 3 N–H and O–H groups in total. The third kappa shape index (κ3) is 6.23. The van der Waals surface area contributed by atoms with Gasteiger partial charge in [-0.05, 0) is 37.1 Å². The van der Waals surface area contributed by atoms with Crippen molar-refractivity contribution in [1.29, 1.82) is 0 Å². The van der Waals surface area contributed by atoms with Gasteiger partial charge in [-0.3, -0.25) is 25.2 Å². The lowest BCUT2D eigenvalue weighted by atomic mass is 10.0. The number of carbonyl (C=O) groups is 3. The van der Waals surface area contributed by atoms with E-state index in [9.17, 15) is 18.8 Å². The number of hydrazine groups is 1. The summed E-state index contributed by atoms with van der Waals surface area (Å²) in [7, 11) is 0. The topological polar surface area (TPSA) is 96.5 Å². The lowest BCUT2D eigenvalue weighted by Crippen LogP contribution is -2.55. The molecule has 0 aliphatic heterocycles. The molecule has 0 aliphatic rings. The van der Waals surface area contributed by atoms with Gasteiger partial charge in [0.15, 0.2) is 6.10 Å². The van der Waals surface area contributed by atoms with Crippen molar-refractivity contribution in [2.75, 3.05) is 0 Å². The minimum absolute atomic E-state index is 0.154. The van der Waals surface area contributed by atoms with E-state index in [2.05, 4.69) is 16.2 Å². The van der Waals surface area contributed by atoms with Gasteiger partial charge in [-0.15, -0.1) is 0 Å². The van der Waals surface area contributed by atoms with Crippen molar-refractivity contribution in [1.82, 2.24) is 16.2 Å². The van der Waals surface area contributed by atoms with Gasteiger partial charge in [-0.1, -0.05) is 13.8 Å². The third-order valence-corrected chi connectivity index (χ3v) is 3.11. The molecule has 1 aromatic carbocycles. The Bertz CT molecular complexity index is 589. The Morgan fingerprint density at radius 3 is 2.04 bits per heavy atom. The molecule has 8 heteroatoms. The van der Waals surface area contributed by atoms with Crippen LogP contribution < -0.4 is 20.9 Å². The highest BCUT2D eigenvalue weighted by Crippen LogP contribution is 2.12. The molecular formula is C16H22FN3O4. The standard InChI is InChI=1S/C16H22FN3O4/c1-9(2)14(18-11(4)21)16(23)20-19-15(22)10(3)24-13-7-5-12(17)6-8-13/h5-10,14H,1-4H3,(H,18,21)(H,19,22)(H,20,23)/t10-,14+/m1/s1. The number of hydrogen-bond donors (Lipinski definition) is 3. The minimum atomic E-state index is -0.908. The van der Waals surface area contributed by atoms with Crippen LogP contribution in [0.25, 0.3) is 0 Å². The van der Waals surface area contributed by atoms with Crippen molar-refractivity contribution in [2.45, 2.75) is 39.8 Å². The van der Waals surface area contributed by atoms with Crippen LogP contribution in [0.2, 0.25) is 0 Å². The van der Waals surface area contributed by atoms with Crippen molar-refractivity contribution < 1.29 is 23.5 Å². The first kappa shape index (κ1) is 19.4. The molecular weight excluding hydrogens is 317 g/mol. The molecule has 3 amide bonds. The molecule has 0 fully saturated rings. The smallest absolute Gasteiger partial charge is 0.279 e.